The Labute approximate surface area is 90.5 Å². The highest BCUT2D eigenvalue weighted by molar-refractivity contribution is 7.46. The molecular formula is C12H26OP+. The zero-order valence-corrected chi connectivity index (χ0v) is 11.1. The van der Waals surface area contributed by atoms with E-state index in [4.69, 9.17) is 0 Å². The van der Waals surface area contributed by atoms with Crippen LogP contribution in [0.4, 0.5) is 0 Å². The van der Waals surface area contributed by atoms with Gasteiger partial charge in [0, 0.05) is 0 Å². The van der Waals surface area contributed by atoms with Gasteiger partial charge in [-0.05, 0) is 25.7 Å². The van der Waals surface area contributed by atoms with Crippen molar-refractivity contribution >= 4 is 7.80 Å². The van der Waals surface area contributed by atoms with E-state index in [0.29, 0.717) is 11.3 Å². The molecule has 14 heavy (non-hydrogen) atoms. The molecule has 0 heterocycles. The van der Waals surface area contributed by atoms with Crippen LogP contribution in [0.1, 0.15) is 66.2 Å². The average Bonchev–Trinajstić information content (AvgIpc) is 2.21. The molecule has 0 aromatic rings. The number of rotatable bonds is 8. The fourth-order valence-electron chi connectivity index (χ4n) is 1.99. The molecule has 0 rings (SSSR count). The van der Waals surface area contributed by atoms with Crippen LogP contribution in [-0.2, 0) is 4.57 Å². The third-order valence-electron chi connectivity index (χ3n) is 2.91. The zero-order valence-electron chi connectivity index (χ0n) is 10.3. The third-order valence-corrected chi connectivity index (χ3v) is 5.59. The van der Waals surface area contributed by atoms with E-state index in [0.717, 1.165) is 25.7 Å². The summed E-state index contributed by atoms with van der Waals surface area (Å²) in [5, 5.41) is 0. The molecule has 0 aliphatic carbocycles. The monoisotopic (exact) mass is 217 g/mol. The van der Waals surface area contributed by atoms with E-state index in [9.17, 15) is 4.57 Å². The molecule has 0 spiro atoms. The summed E-state index contributed by atoms with van der Waals surface area (Å²) in [6.45, 7) is 8.72. The lowest BCUT2D eigenvalue weighted by molar-refractivity contribution is 0.546. The summed E-state index contributed by atoms with van der Waals surface area (Å²) in [4.78, 5) is 0. The van der Waals surface area contributed by atoms with Gasteiger partial charge in [0.25, 0.3) is 0 Å². The molecule has 2 atom stereocenters. The molecule has 2 heteroatoms. The second-order valence-electron chi connectivity index (χ2n) is 4.06. The van der Waals surface area contributed by atoms with Gasteiger partial charge in [-0.25, -0.2) is 0 Å². The lowest BCUT2D eigenvalue weighted by Gasteiger charge is -2.09. The number of hydrogen-bond acceptors (Lipinski definition) is 1. The summed E-state index contributed by atoms with van der Waals surface area (Å²) in [5.74, 6) is 0. The molecule has 1 nitrogen and oxygen atoms in total. The maximum Gasteiger partial charge on any atom is 0.344 e. The minimum atomic E-state index is -0.969. The molecule has 0 N–H and O–H groups in total. The first-order valence-corrected chi connectivity index (χ1v) is 7.56. The Morgan fingerprint density at radius 1 is 0.857 bits per heavy atom. The quantitative estimate of drug-likeness (QED) is 0.524. The van der Waals surface area contributed by atoms with Crippen LogP contribution in [0.5, 0.6) is 0 Å². The van der Waals surface area contributed by atoms with Gasteiger partial charge in [-0.2, -0.15) is 0 Å². The topological polar surface area (TPSA) is 17.1 Å². The lowest BCUT2D eigenvalue weighted by Crippen LogP contribution is -2.10. The Kier molecular flexibility index (Phi) is 8.47. The zero-order chi connectivity index (χ0) is 11.0. The second kappa shape index (κ2) is 8.41. The van der Waals surface area contributed by atoms with Crippen molar-refractivity contribution in [1.82, 2.24) is 0 Å². The van der Waals surface area contributed by atoms with E-state index in [1.807, 2.05) is 0 Å². The summed E-state index contributed by atoms with van der Waals surface area (Å²) >= 11 is 0. The van der Waals surface area contributed by atoms with Gasteiger partial charge < -0.3 is 0 Å². The SMILES string of the molecule is CCCC(CC)[P+](=O)C(CC)CCC. The van der Waals surface area contributed by atoms with Crippen molar-refractivity contribution in [3.05, 3.63) is 0 Å². The van der Waals surface area contributed by atoms with Crippen molar-refractivity contribution in [2.24, 2.45) is 0 Å². The summed E-state index contributed by atoms with van der Waals surface area (Å²) in [6, 6.07) is 0. The van der Waals surface area contributed by atoms with Gasteiger partial charge >= 0.3 is 7.80 Å². The molecule has 0 saturated carbocycles. The highest BCUT2D eigenvalue weighted by atomic mass is 31.1. The molecule has 84 valence electrons. The van der Waals surface area contributed by atoms with Gasteiger partial charge in [0.15, 0.2) is 11.3 Å². The fourth-order valence-corrected chi connectivity index (χ4v) is 4.33. The van der Waals surface area contributed by atoms with Gasteiger partial charge in [0.2, 0.25) is 0 Å². The standard InChI is InChI=1S/C12H26OP/c1-5-9-11(7-3)14(13)12(8-4)10-6-2/h11-12H,5-10H2,1-4H3/q+1. The first-order chi connectivity index (χ1) is 6.71. The molecule has 0 aliphatic rings. The predicted molar refractivity (Wildman–Crippen MR) is 65.6 cm³/mol. The third kappa shape index (κ3) is 4.55. The van der Waals surface area contributed by atoms with Crippen LogP contribution in [0.15, 0.2) is 0 Å². The maximum atomic E-state index is 12.2. The molecule has 0 aliphatic heterocycles. The van der Waals surface area contributed by atoms with E-state index >= 15 is 0 Å². The van der Waals surface area contributed by atoms with Crippen molar-refractivity contribution in [3.63, 3.8) is 0 Å². The van der Waals surface area contributed by atoms with Crippen LogP contribution in [0.2, 0.25) is 0 Å². The molecule has 2 unspecified atom stereocenters. The van der Waals surface area contributed by atoms with Crippen LogP contribution in [0.3, 0.4) is 0 Å². The molecule has 0 aromatic carbocycles. The largest absolute Gasteiger partial charge is 0.344 e. The van der Waals surface area contributed by atoms with Crippen LogP contribution < -0.4 is 0 Å². The van der Waals surface area contributed by atoms with Gasteiger partial charge in [0.05, 0.1) is 0 Å². The van der Waals surface area contributed by atoms with Gasteiger partial charge in [-0.15, -0.1) is 0 Å². The first kappa shape index (κ1) is 14.1. The van der Waals surface area contributed by atoms with Crippen LogP contribution in [-0.4, -0.2) is 11.3 Å². The maximum absolute atomic E-state index is 12.2. The lowest BCUT2D eigenvalue weighted by atomic mass is 10.2. The van der Waals surface area contributed by atoms with Crippen molar-refractivity contribution in [2.75, 3.05) is 0 Å². The Balaban J connectivity index is 4.21. The van der Waals surface area contributed by atoms with Crippen molar-refractivity contribution in [3.8, 4) is 0 Å². The first-order valence-electron chi connectivity index (χ1n) is 6.16. The van der Waals surface area contributed by atoms with E-state index in [1.54, 1.807) is 0 Å². The molecule has 0 bridgehead atoms. The van der Waals surface area contributed by atoms with Crippen LogP contribution >= 0.6 is 7.80 Å². The molecular weight excluding hydrogens is 191 g/mol. The van der Waals surface area contributed by atoms with E-state index in [2.05, 4.69) is 27.7 Å². The van der Waals surface area contributed by atoms with Gasteiger partial charge in [-0.1, -0.05) is 45.1 Å². The molecule has 0 radical (unpaired) electrons. The summed E-state index contributed by atoms with van der Waals surface area (Å²) in [6.07, 6.45) is 6.80. The van der Waals surface area contributed by atoms with Crippen molar-refractivity contribution in [2.45, 2.75) is 77.5 Å². The summed E-state index contributed by atoms with van der Waals surface area (Å²) in [5.41, 5.74) is 0.956. The van der Waals surface area contributed by atoms with Crippen LogP contribution in [0.25, 0.3) is 0 Å². The minimum absolute atomic E-state index is 0.478. The Morgan fingerprint density at radius 3 is 1.43 bits per heavy atom. The summed E-state index contributed by atoms with van der Waals surface area (Å²) in [7, 11) is -0.969. The van der Waals surface area contributed by atoms with E-state index < -0.39 is 7.80 Å². The highest BCUT2D eigenvalue weighted by Gasteiger charge is 2.34. The van der Waals surface area contributed by atoms with Crippen molar-refractivity contribution in [1.29, 1.82) is 0 Å². The Morgan fingerprint density at radius 2 is 1.21 bits per heavy atom. The summed E-state index contributed by atoms with van der Waals surface area (Å²) < 4.78 is 12.2. The average molecular weight is 217 g/mol. The molecule has 0 aromatic heterocycles. The van der Waals surface area contributed by atoms with E-state index in [1.165, 1.54) is 12.8 Å². The Hall–Kier alpha value is 0.100. The highest BCUT2D eigenvalue weighted by Crippen LogP contribution is 2.41. The van der Waals surface area contributed by atoms with Gasteiger partial charge in [0.1, 0.15) is 0 Å². The Bertz CT molecular complexity index is 140. The molecule has 0 amide bonds. The van der Waals surface area contributed by atoms with E-state index in [-0.39, 0.29) is 0 Å². The van der Waals surface area contributed by atoms with Gasteiger partial charge in [-0.3, -0.25) is 0 Å². The van der Waals surface area contributed by atoms with Crippen LogP contribution in [0, 0.1) is 0 Å². The second-order valence-corrected chi connectivity index (χ2v) is 6.24. The molecule has 0 saturated heterocycles. The number of hydrogen-bond donors (Lipinski definition) is 0. The smallest absolute Gasteiger partial charge is 0.0742 e. The minimum Gasteiger partial charge on any atom is -0.0742 e. The molecule has 0 fully saturated rings. The predicted octanol–water partition coefficient (Wildman–Crippen LogP) is 4.97. The fraction of sp³-hybridized carbons (Fsp3) is 1.00. The normalized spacial score (nSPS) is 16.4. The van der Waals surface area contributed by atoms with Crippen molar-refractivity contribution < 1.29 is 4.57 Å².